The van der Waals surface area contributed by atoms with Crippen LogP contribution in [0.5, 0.6) is 0 Å². The van der Waals surface area contributed by atoms with Gasteiger partial charge in [0, 0.05) is 6.04 Å². The van der Waals surface area contributed by atoms with Crippen molar-refractivity contribution in [2.24, 2.45) is 0 Å². The van der Waals surface area contributed by atoms with E-state index in [9.17, 15) is 0 Å². The second kappa shape index (κ2) is 4.57. The zero-order valence-corrected chi connectivity index (χ0v) is 10.4. The Morgan fingerprint density at radius 3 is 2.88 bits per heavy atom. The van der Waals surface area contributed by atoms with Crippen LogP contribution < -0.4 is 5.32 Å². The van der Waals surface area contributed by atoms with Crippen LogP contribution in [0, 0.1) is 0 Å². The van der Waals surface area contributed by atoms with Crippen molar-refractivity contribution in [1.82, 2.24) is 9.97 Å². The fraction of sp³-hybridized carbons (Fsp3) is 0.462. The van der Waals surface area contributed by atoms with Crippen LogP contribution >= 0.6 is 11.6 Å². The number of hydrogen-bond donors (Lipinski definition) is 2. The van der Waals surface area contributed by atoms with Crippen molar-refractivity contribution < 1.29 is 0 Å². The minimum Gasteiger partial charge on any atom is -0.352 e. The third kappa shape index (κ3) is 2.25. The van der Waals surface area contributed by atoms with Gasteiger partial charge in [0.25, 0.3) is 0 Å². The summed E-state index contributed by atoms with van der Waals surface area (Å²) in [7, 11) is 0. The van der Waals surface area contributed by atoms with E-state index in [1.54, 1.807) is 0 Å². The summed E-state index contributed by atoms with van der Waals surface area (Å²) in [6.45, 7) is 0. The second-order valence-corrected chi connectivity index (χ2v) is 5.21. The van der Waals surface area contributed by atoms with E-state index in [2.05, 4.69) is 15.3 Å². The Bertz CT molecular complexity index is 475. The van der Waals surface area contributed by atoms with Crippen molar-refractivity contribution in [3.63, 3.8) is 0 Å². The molecule has 1 aromatic carbocycles. The van der Waals surface area contributed by atoms with Gasteiger partial charge in [0.1, 0.15) is 0 Å². The summed E-state index contributed by atoms with van der Waals surface area (Å²) >= 11 is 6.33. The number of anilines is 1. The van der Waals surface area contributed by atoms with E-state index in [1.165, 1.54) is 12.8 Å². The maximum absolute atomic E-state index is 6.33. The van der Waals surface area contributed by atoms with Crippen LogP contribution in [0.3, 0.4) is 0 Å². The molecule has 1 saturated carbocycles. The SMILES string of the molecule is ClC1CCCCC1Nc1nc2ccccc2[nH]1. The van der Waals surface area contributed by atoms with E-state index in [0.717, 1.165) is 29.8 Å². The van der Waals surface area contributed by atoms with Crippen LogP contribution in [0.1, 0.15) is 25.7 Å². The lowest BCUT2D eigenvalue weighted by atomic mass is 9.95. The van der Waals surface area contributed by atoms with Crippen LogP contribution in [-0.4, -0.2) is 21.4 Å². The van der Waals surface area contributed by atoms with Gasteiger partial charge in [-0.3, -0.25) is 0 Å². The third-order valence-electron chi connectivity index (χ3n) is 3.39. The van der Waals surface area contributed by atoms with Gasteiger partial charge in [-0.25, -0.2) is 4.98 Å². The number of nitrogens with zero attached hydrogens (tertiary/aromatic N) is 1. The molecule has 2 aromatic rings. The number of rotatable bonds is 2. The molecule has 17 heavy (non-hydrogen) atoms. The molecule has 1 fully saturated rings. The Morgan fingerprint density at radius 1 is 1.24 bits per heavy atom. The van der Waals surface area contributed by atoms with Crippen molar-refractivity contribution >= 4 is 28.6 Å². The second-order valence-electron chi connectivity index (χ2n) is 4.65. The fourth-order valence-corrected chi connectivity index (χ4v) is 2.79. The number of fused-ring (bicyclic) bond motifs is 1. The van der Waals surface area contributed by atoms with Gasteiger partial charge in [0.2, 0.25) is 5.95 Å². The summed E-state index contributed by atoms with van der Waals surface area (Å²) in [6.07, 6.45) is 4.72. The van der Waals surface area contributed by atoms with Gasteiger partial charge in [-0.2, -0.15) is 0 Å². The lowest BCUT2D eigenvalue weighted by Gasteiger charge is -2.27. The molecule has 0 spiro atoms. The number of imidazole rings is 1. The molecule has 2 unspecified atom stereocenters. The Morgan fingerprint density at radius 2 is 2.06 bits per heavy atom. The standard InChI is InChI=1S/C13H16ClN3/c14-9-5-1-2-6-10(9)15-13-16-11-7-3-4-8-12(11)17-13/h3-4,7-10H,1-2,5-6H2,(H2,15,16,17). The molecule has 1 aliphatic rings. The van der Waals surface area contributed by atoms with Crippen LogP contribution in [0.25, 0.3) is 11.0 Å². The lowest BCUT2D eigenvalue weighted by Crippen LogP contribution is -2.33. The molecule has 1 aromatic heterocycles. The van der Waals surface area contributed by atoms with E-state index in [-0.39, 0.29) is 5.38 Å². The van der Waals surface area contributed by atoms with Crippen molar-refractivity contribution in [3.05, 3.63) is 24.3 Å². The third-order valence-corrected chi connectivity index (χ3v) is 3.92. The van der Waals surface area contributed by atoms with Crippen molar-refractivity contribution in [2.45, 2.75) is 37.1 Å². The summed E-state index contributed by atoms with van der Waals surface area (Å²) in [4.78, 5) is 7.80. The monoisotopic (exact) mass is 249 g/mol. The summed E-state index contributed by atoms with van der Waals surface area (Å²) in [5.74, 6) is 0.837. The highest BCUT2D eigenvalue weighted by molar-refractivity contribution is 6.21. The van der Waals surface area contributed by atoms with Crippen molar-refractivity contribution in [3.8, 4) is 0 Å². The van der Waals surface area contributed by atoms with E-state index >= 15 is 0 Å². The number of alkyl halides is 1. The molecule has 2 N–H and O–H groups in total. The Hall–Kier alpha value is -1.22. The van der Waals surface area contributed by atoms with Crippen molar-refractivity contribution in [2.75, 3.05) is 5.32 Å². The quantitative estimate of drug-likeness (QED) is 0.800. The number of para-hydroxylation sites is 2. The van der Waals surface area contributed by atoms with Gasteiger partial charge in [-0.05, 0) is 25.0 Å². The maximum Gasteiger partial charge on any atom is 0.201 e. The summed E-state index contributed by atoms with van der Waals surface area (Å²) in [6, 6.07) is 8.39. The molecule has 0 radical (unpaired) electrons. The Balaban J connectivity index is 1.79. The number of hydrogen-bond acceptors (Lipinski definition) is 2. The first-order chi connectivity index (χ1) is 8.33. The van der Waals surface area contributed by atoms with Crippen LogP contribution in [0.15, 0.2) is 24.3 Å². The molecule has 2 atom stereocenters. The van der Waals surface area contributed by atoms with Crippen LogP contribution in [0.2, 0.25) is 0 Å². The molecule has 3 nitrogen and oxygen atoms in total. The van der Waals surface area contributed by atoms with Crippen LogP contribution in [-0.2, 0) is 0 Å². The summed E-state index contributed by atoms with van der Waals surface area (Å²) in [5, 5.41) is 3.64. The molecule has 3 rings (SSSR count). The average molecular weight is 250 g/mol. The molecule has 0 bridgehead atoms. The summed E-state index contributed by atoms with van der Waals surface area (Å²) < 4.78 is 0. The first-order valence-electron chi connectivity index (χ1n) is 6.18. The molecule has 0 aliphatic heterocycles. The van der Waals surface area contributed by atoms with Gasteiger partial charge in [0.15, 0.2) is 0 Å². The number of halogens is 1. The first-order valence-corrected chi connectivity index (χ1v) is 6.62. The molecule has 4 heteroatoms. The lowest BCUT2D eigenvalue weighted by molar-refractivity contribution is 0.468. The zero-order chi connectivity index (χ0) is 11.7. The number of aromatic amines is 1. The van der Waals surface area contributed by atoms with E-state index < -0.39 is 0 Å². The minimum absolute atomic E-state index is 0.219. The van der Waals surface area contributed by atoms with Gasteiger partial charge in [0.05, 0.1) is 16.4 Å². The largest absolute Gasteiger partial charge is 0.352 e. The topological polar surface area (TPSA) is 40.7 Å². The molecular formula is C13H16ClN3. The predicted octanol–water partition coefficient (Wildman–Crippen LogP) is 3.52. The summed E-state index contributed by atoms with van der Waals surface area (Å²) in [5.41, 5.74) is 2.06. The number of nitrogens with one attached hydrogen (secondary N) is 2. The van der Waals surface area contributed by atoms with E-state index in [0.29, 0.717) is 6.04 Å². The van der Waals surface area contributed by atoms with Gasteiger partial charge >= 0.3 is 0 Å². The molecule has 0 amide bonds. The Kier molecular flexibility index (Phi) is 2.93. The first kappa shape index (κ1) is 10.9. The normalized spacial score (nSPS) is 25.0. The van der Waals surface area contributed by atoms with E-state index in [4.69, 9.17) is 11.6 Å². The van der Waals surface area contributed by atoms with Gasteiger partial charge in [-0.1, -0.05) is 25.0 Å². The van der Waals surface area contributed by atoms with Crippen LogP contribution in [0.4, 0.5) is 5.95 Å². The number of H-pyrrole nitrogens is 1. The highest BCUT2D eigenvalue weighted by Crippen LogP contribution is 2.25. The smallest absolute Gasteiger partial charge is 0.201 e. The minimum atomic E-state index is 0.219. The molecule has 0 saturated heterocycles. The van der Waals surface area contributed by atoms with Gasteiger partial charge in [-0.15, -0.1) is 11.6 Å². The molecule has 90 valence electrons. The fourth-order valence-electron chi connectivity index (χ4n) is 2.44. The maximum atomic E-state index is 6.33. The van der Waals surface area contributed by atoms with Crippen molar-refractivity contribution in [1.29, 1.82) is 0 Å². The highest BCUT2D eigenvalue weighted by Gasteiger charge is 2.23. The molecule has 1 aliphatic carbocycles. The highest BCUT2D eigenvalue weighted by atomic mass is 35.5. The average Bonchev–Trinajstić information content (AvgIpc) is 2.74. The zero-order valence-electron chi connectivity index (χ0n) is 9.62. The number of aromatic nitrogens is 2. The van der Waals surface area contributed by atoms with Gasteiger partial charge < -0.3 is 10.3 Å². The molecular weight excluding hydrogens is 234 g/mol. The predicted molar refractivity (Wildman–Crippen MR) is 71.6 cm³/mol. The Labute approximate surface area is 106 Å². The number of benzene rings is 1. The molecule has 1 heterocycles. The van der Waals surface area contributed by atoms with E-state index in [1.807, 2.05) is 24.3 Å².